The molecule has 174 valence electrons. The van der Waals surface area contributed by atoms with Crippen LogP contribution in [-0.4, -0.2) is 27.2 Å². The van der Waals surface area contributed by atoms with Crippen LogP contribution < -0.4 is 4.74 Å². The van der Waals surface area contributed by atoms with E-state index < -0.39 is 5.97 Å². The van der Waals surface area contributed by atoms with E-state index in [1.807, 2.05) is 43.3 Å². The summed E-state index contributed by atoms with van der Waals surface area (Å²) in [5, 5.41) is 9.50. The molecule has 0 atom stereocenters. The Labute approximate surface area is 204 Å². The number of para-hydroxylation sites is 2. The molecule has 0 aliphatic rings. The third-order valence-electron chi connectivity index (χ3n) is 6.10. The number of carbonyl (C=O) groups is 1. The van der Waals surface area contributed by atoms with Gasteiger partial charge < -0.3 is 14.4 Å². The van der Waals surface area contributed by atoms with Gasteiger partial charge in [-0.05, 0) is 53.4 Å². The van der Waals surface area contributed by atoms with Crippen molar-refractivity contribution in [2.75, 3.05) is 6.61 Å². The van der Waals surface area contributed by atoms with E-state index in [9.17, 15) is 9.90 Å². The molecule has 0 saturated heterocycles. The summed E-state index contributed by atoms with van der Waals surface area (Å²) in [6.07, 6.45) is 0.558. The lowest BCUT2D eigenvalue weighted by Gasteiger charge is -2.14. The van der Waals surface area contributed by atoms with Crippen LogP contribution >= 0.6 is 0 Å². The maximum atomic E-state index is 11.6. The molecule has 0 aliphatic heterocycles. The Bertz CT molecular complexity index is 1490. The highest BCUT2D eigenvalue weighted by molar-refractivity contribution is 5.91. The molecule has 0 spiro atoms. The summed E-state index contributed by atoms with van der Waals surface area (Å²) in [6, 6.07) is 32.3. The van der Waals surface area contributed by atoms with Crippen LogP contribution in [0.5, 0.6) is 5.75 Å². The maximum absolute atomic E-state index is 11.6. The SMILES string of the molecule is CCOc1cc(Cc2nc3ccccc3n2Cc2ccccc2-c2ccccc2)ccc1C(=O)O. The second-order valence-corrected chi connectivity index (χ2v) is 8.37. The van der Waals surface area contributed by atoms with Crippen molar-refractivity contribution in [1.29, 1.82) is 0 Å². The molecule has 4 aromatic carbocycles. The predicted octanol–water partition coefficient (Wildman–Crippen LogP) is 6.44. The Morgan fingerprint density at radius 2 is 1.66 bits per heavy atom. The minimum absolute atomic E-state index is 0.167. The Morgan fingerprint density at radius 3 is 2.46 bits per heavy atom. The van der Waals surface area contributed by atoms with Gasteiger partial charge in [0, 0.05) is 13.0 Å². The molecular weight excluding hydrogens is 436 g/mol. The fourth-order valence-electron chi connectivity index (χ4n) is 4.48. The molecule has 1 aromatic heterocycles. The van der Waals surface area contributed by atoms with Crippen LogP contribution in [0.4, 0.5) is 0 Å². The zero-order valence-electron chi connectivity index (χ0n) is 19.5. The Morgan fingerprint density at radius 1 is 0.914 bits per heavy atom. The van der Waals surface area contributed by atoms with Crippen molar-refractivity contribution in [3.63, 3.8) is 0 Å². The lowest BCUT2D eigenvalue weighted by Crippen LogP contribution is -2.08. The molecule has 5 rings (SSSR count). The third kappa shape index (κ3) is 4.66. The summed E-state index contributed by atoms with van der Waals surface area (Å²) >= 11 is 0. The average Bonchev–Trinajstić information content (AvgIpc) is 3.22. The summed E-state index contributed by atoms with van der Waals surface area (Å²) in [4.78, 5) is 16.5. The molecule has 0 aliphatic carbocycles. The molecule has 35 heavy (non-hydrogen) atoms. The average molecular weight is 463 g/mol. The minimum Gasteiger partial charge on any atom is -0.493 e. The summed E-state index contributed by atoms with van der Waals surface area (Å²) < 4.78 is 7.87. The molecule has 0 amide bonds. The Hall–Kier alpha value is -4.38. The first-order chi connectivity index (χ1) is 17.1. The first-order valence-corrected chi connectivity index (χ1v) is 11.7. The van der Waals surface area contributed by atoms with E-state index in [4.69, 9.17) is 9.72 Å². The standard InChI is InChI=1S/C30H26N2O3/c1-2-35-28-18-21(16-17-25(28)30(33)34)19-29-31-26-14-8-9-15-27(26)32(29)20-23-12-6-7-13-24(23)22-10-4-3-5-11-22/h3-18H,2,19-20H2,1H3,(H,33,34). The van der Waals surface area contributed by atoms with Crippen molar-refractivity contribution < 1.29 is 14.6 Å². The largest absolute Gasteiger partial charge is 0.493 e. The van der Waals surface area contributed by atoms with Crippen LogP contribution in [0.15, 0.2) is 97.1 Å². The second-order valence-electron chi connectivity index (χ2n) is 8.37. The molecule has 1 heterocycles. The van der Waals surface area contributed by atoms with Gasteiger partial charge in [-0.3, -0.25) is 0 Å². The number of aromatic nitrogens is 2. The number of imidazole rings is 1. The topological polar surface area (TPSA) is 64.4 Å². The second kappa shape index (κ2) is 9.85. The van der Waals surface area contributed by atoms with Gasteiger partial charge >= 0.3 is 5.97 Å². The zero-order chi connectivity index (χ0) is 24.2. The molecule has 1 N–H and O–H groups in total. The van der Waals surface area contributed by atoms with E-state index in [2.05, 4.69) is 59.2 Å². The van der Waals surface area contributed by atoms with E-state index >= 15 is 0 Å². The summed E-state index contributed by atoms with van der Waals surface area (Å²) in [7, 11) is 0. The number of fused-ring (bicyclic) bond motifs is 1. The first kappa shape index (κ1) is 22.4. The molecule has 5 heteroatoms. The smallest absolute Gasteiger partial charge is 0.339 e. The number of hydrogen-bond acceptors (Lipinski definition) is 3. The lowest BCUT2D eigenvalue weighted by molar-refractivity contribution is 0.0692. The highest BCUT2D eigenvalue weighted by Crippen LogP contribution is 2.28. The quantitative estimate of drug-likeness (QED) is 0.288. The molecule has 5 nitrogen and oxygen atoms in total. The normalized spacial score (nSPS) is 11.0. The van der Waals surface area contributed by atoms with Crippen molar-refractivity contribution in [3.05, 3.63) is 120 Å². The van der Waals surface area contributed by atoms with Crippen molar-refractivity contribution in [1.82, 2.24) is 9.55 Å². The van der Waals surface area contributed by atoms with Gasteiger partial charge in [-0.1, -0.05) is 72.8 Å². The van der Waals surface area contributed by atoms with E-state index in [1.54, 1.807) is 6.07 Å². The van der Waals surface area contributed by atoms with Gasteiger partial charge in [0.25, 0.3) is 0 Å². The van der Waals surface area contributed by atoms with Gasteiger partial charge in [0.2, 0.25) is 0 Å². The fourth-order valence-corrected chi connectivity index (χ4v) is 4.48. The van der Waals surface area contributed by atoms with Crippen LogP contribution in [0.2, 0.25) is 0 Å². The maximum Gasteiger partial charge on any atom is 0.339 e. The number of aromatic carboxylic acids is 1. The highest BCUT2D eigenvalue weighted by atomic mass is 16.5. The number of carboxylic acid groups (broad SMARTS) is 1. The first-order valence-electron chi connectivity index (χ1n) is 11.7. The van der Waals surface area contributed by atoms with Crippen molar-refractivity contribution in [3.8, 4) is 16.9 Å². The van der Waals surface area contributed by atoms with E-state index in [0.717, 1.165) is 22.4 Å². The van der Waals surface area contributed by atoms with E-state index in [-0.39, 0.29) is 5.56 Å². The summed E-state index contributed by atoms with van der Waals surface area (Å²) in [5.74, 6) is 0.305. The minimum atomic E-state index is -0.996. The zero-order valence-corrected chi connectivity index (χ0v) is 19.5. The van der Waals surface area contributed by atoms with Crippen LogP contribution in [0.1, 0.15) is 34.2 Å². The van der Waals surface area contributed by atoms with Crippen LogP contribution in [0.3, 0.4) is 0 Å². The van der Waals surface area contributed by atoms with E-state index in [0.29, 0.717) is 25.3 Å². The van der Waals surface area contributed by atoms with Gasteiger partial charge in [0.05, 0.1) is 17.6 Å². The number of benzene rings is 4. The number of carboxylic acids is 1. The summed E-state index contributed by atoms with van der Waals surface area (Å²) in [5.41, 5.74) is 6.71. The molecule has 0 fully saturated rings. The Kier molecular flexibility index (Phi) is 6.31. The molecule has 0 bridgehead atoms. The number of rotatable bonds is 8. The van der Waals surface area contributed by atoms with Crippen molar-refractivity contribution >= 4 is 17.0 Å². The van der Waals surface area contributed by atoms with E-state index in [1.165, 1.54) is 16.7 Å². The molecular formula is C30H26N2O3. The monoisotopic (exact) mass is 462 g/mol. The van der Waals surface area contributed by atoms with Gasteiger partial charge in [0.1, 0.15) is 17.1 Å². The Balaban J connectivity index is 1.56. The third-order valence-corrected chi connectivity index (χ3v) is 6.10. The lowest BCUT2D eigenvalue weighted by atomic mass is 9.99. The molecule has 0 unspecified atom stereocenters. The molecule has 0 radical (unpaired) electrons. The van der Waals surface area contributed by atoms with Crippen molar-refractivity contribution in [2.24, 2.45) is 0 Å². The molecule has 5 aromatic rings. The van der Waals surface area contributed by atoms with Gasteiger partial charge in [0.15, 0.2) is 0 Å². The highest BCUT2D eigenvalue weighted by Gasteiger charge is 2.16. The van der Waals surface area contributed by atoms with Gasteiger partial charge in [-0.2, -0.15) is 0 Å². The number of nitrogens with zero attached hydrogens (tertiary/aromatic N) is 2. The van der Waals surface area contributed by atoms with Crippen molar-refractivity contribution in [2.45, 2.75) is 19.9 Å². The van der Waals surface area contributed by atoms with Crippen LogP contribution in [0, 0.1) is 0 Å². The molecule has 0 saturated carbocycles. The van der Waals surface area contributed by atoms with Crippen LogP contribution in [0.25, 0.3) is 22.2 Å². The summed E-state index contributed by atoms with van der Waals surface area (Å²) in [6.45, 7) is 2.92. The fraction of sp³-hybridized carbons (Fsp3) is 0.133. The van der Waals surface area contributed by atoms with Gasteiger partial charge in [-0.25, -0.2) is 9.78 Å². The van der Waals surface area contributed by atoms with Crippen LogP contribution in [-0.2, 0) is 13.0 Å². The number of hydrogen-bond donors (Lipinski definition) is 1. The predicted molar refractivity (Wildman–Crippen MR) is 138 cm³/mol. The van der Waals surface area contributed by atoms with Gasteiger partial charge in [-0.15, -0.1) is 0 Å². The number of ether oxygens (including phenoxy) is 1.